The average Bonchev–Trinajstić information content (AvgIpc) is 2.98. The fraction of sp³-hybridized carbons (Fsp3) is 0.600. The van der Waals surface area contributed by atoms with Crippen LogP contribution in [-0.2, 0) is 12.8 Å². The molecule has 4 nitrogen and oxygen atoms in total. The van der Waals surface area contributed by atoms with Crippen LogP contribution in [0.4, 0.5) is 13.2 Å². The maximum absolute atomic E-state index is 13.2. The number of hydrazone groups is 1. The second kappa shape index (κ2) is 5.31. The molecule has 2 heterocycles. The van der Waals surface area contributed by atoms with Crippen molar-refractivity contribution in [3.8, 4) is 0 Å². The summed E-state index contributed by atoms with van der Waals surface area (Å²) in [7, 11) is 0. The summed E-state index contributed by atoms with van der Waals surface area (Å²) >= 11 is 1.39. The molecule has 0 spiro atoms. The molecule has 0 saturated carbocycles. The van der Waals surface area contributed by atoms with Gasteiger partial charge < -0.3 is 5.11 Å². The Morgan fingerprint density at radius 2 is 2.22 bits per heavy atom. The maximum atomic E-state index is 13.2. The first-order chi connectivity index (χ1) is 10.6. The molecule has 8 heteroatoms. The molecule has 1 aliphatic carbocycles. The topological polar surface area (TPSA) is 52.9 Å². The zero-order valence-corrected chi connectivity index (χ0v) is 13.6. The molecule has 23 heavy (non-hydrogen) atoms. The average molecular weight is 346 g/mol. The highest BCUT2D eigenvalue weighted by molar-refractivity contribution is 7.10. The lowest BCUT2D eigenvalue weighted by molar-refractivity contribution is -0.297. The first kappa shape index (κ1) is 16.4. The van der Waals surface area contributed by atoms with Gasteiger partial charge in [0.05, 0.1) is 5.56 Å². The van der Waals surface area contributed by atoms with Crippen LogP contribution in [0.5, 0.6) is 0 Å². The van der Waals surface area contributed by atoms with E-state index in [2.05, 4.69) is 12.0 Å². The third-order valence-corrected chi connectivity index (χ3v) is 5.45. The van der Waals surface area contributed by atoms with Crippen LogP contribution in [0.25, 0.3) is 0 Å². The number of carbonyl (C=O) groups is 1. The number of nitrogens with zero attached hydrogens (tertiary/aromatic N) is 2. The summed E-state index contributed by atoms with van der Waals surface area (Å²) in [6.07, 6.45) is -3.28. The first-order valence-electron chi connectivity index (χ1n) is 7.40. The van der Waals surface area contributed by atoms with E-state index in [4.69, 9.17) is 0 Å². The fourth-order valence-corrected chi connectivity index (χ4v) is 4.36. The fourth-order valence-electron chi connectivity index (χ4n) is 3.12. The van der Waals surface area contributed by atoms with Crippen LogP contribution in [0, 0.1) is 5.92 Å². The Balaban J connectivity index is 1.97. The summed E-state index contributed by atoms with van der Waals surface area (Å²) in [5.41, 5.74) is -2.14. The summed E-state index contributed by atoms with van der Waals surface area (Å²) in [5.74, 6) is -0.378. The number of thiophene rings is 1. The normalized spacial score (nSPS) is 27.8. The highest BCUT2D eigenvalue weighted by Gasteiger charge is 2.62. The largest absolute Gasteiger partial charge is 0.438 e. The summed E-state index contributed by atoms with van der Waals surface area (Å²) in [5, 5.41) is 15.5. The summed E-state index contributed by atoms with van der Waals surface area (Å²) < 4.78 is 39.7. The molecule has 0 bridgehead atoms. The van der Waals surface area contributed by atoms with Crippen molar-refractivity contribution in [3.63, 3.8) is 0 Å². The van der Waals surface area contributed by atoms with Crippen molar-refractivity contribution in [1.82, 2.24) is 5.01 Å². The van der Waals surface area contributed by atoms with Crippen LogP contribution in [0.2, 0.25) is 0 Å². The van der Waals surface area contributed by atoms with Gasteiger partial charge in [-0.3, -0.25) is 4.79 Å². The van der Waals surface area contributed by atoms with Crippen molar-refractivity contribution >= 4 is 23.0 Å². The minimum absolute atomic E-state index is 0.0795. The van der Waals surface area contributed by atoms with E-state index in [1.165, 1.54) is 18.3 Å². The predicted molar refractivity (Wildman–Crippen MR) is 80.4 cm³/mol. The third-order valence-electron chi connectivity index (χ3n) is 4.40. The van der Waals surface area contributed by atoms with Gasteiger partial charge >= 0.3 is 6.18 Å². The zero-order valence-electron chi connectivity index (χ0n) is 12.8. The highest BCUT2D eigenvalue weighted by atomic mass is 32.1. The Kier molecular flexibility index (Phi) is 3.79. The van der Waals surface area contributed by atoms with Crippen molar-refractivity contribution < 1.29 is 23.1 Å². The lowest BCUT2D eigenvalue weighted by Gasteiger charge is -2.32. The molecule has 2 atom stereocenters. The molecule has 1 aliphatic heterocycles. The van der Waals surface area contributed by atoms with E-state index < -0.39 is 24.2 Å². The smallest absolute Gasteiger partial charge is 0.362 e. The van der Waals surface area contributed by atoms with E-state index in [1.807, 2.05) is 0 Å². The van der Waals surface area contributed by atoms with Crippen molar-refractivity contribution in [2.24, 2.45) is 11.0 Å². The van der Waals surface area contributed by atoms with Gasteiger partial charge in [-0.05, 0) is 37.7 Å². The van der Waals surface area contributed by atoms with Crippen LogP contribution in [0.3, 0.4) is 0 Å². The lowest BCUT2D eigenvalue weighted by Crippen LogP contribution is -2.56. The molecule has 1 aromatic heterocycles. The molecule has 3 rings (SSSR count). The van der Waals surface area contributed by atoms with E-state index in [-0.39, 0.29) is 16.3 Å². The van der Waals surface area contributed by atoms with Gasteiger partial charge in [0.25, 0.3) is 11.6 Å². The van der Waals surface area contributed by atoms with Crippen LogP contribution >= 0.6 is 11.3 Å². The second-order valence-electron chi connectivity index (χ2n) is 6.34. The summed E-state index contributed by atoms with van der Waals surface area (Å²) in [6.45, 7) is 3.48. The van der Waals surface area contributed by atoms with E-state index in [0.29, 0.717) is 12.3 Å². The number of alkyl halides is 3. The number of aliphatic hydroxyl groups is 1. The molecule has 1 amide bonds. The number of amides is 1. The summed E-state index contributed by atoms with van der Waals surface area (Å²) in [6, 6.07) is 0. The Morgan fingerprint density at radius 1 is 1.52 bits per heavy atom. The Morgan fingerprint density at radius 3 is 2.87 bits per heavy atom. The molecular weight excluding hydrogens is 329 g/mol. The second-order valence-corrected chi connectivity index (χ2v) is 7.31. The van der Waals surface area contributed by atoms with Crippen LogP contribution in [-0.4, -0.2) is 33.6 Å². The van der Waals surface area contributed by atoms with Gasteiger partial charge in [-0.15, -0.1) is 11.3 Å². The molecular formula is C15H17F3N2O2S. The van der Waals surface area contributed by atoms with Gasteiger partial charge in [-0.25, -0.2) is 0 Å². The van der Waals surface area contributed by atoms with Gasteiger partial charge in [0.15, 0.2) is 0 Å². The molecule has 0 aromatic carbocycles. The standard InChI is InChI=1S/C15H17F3N2O2S/c1-8-3-4-10-11(7-23-12(10)5-8)13(21)20-14(22,15(16,17)18)6-9(2)19-20/h7-8,22H,3-6H2,1-2H3/t8-,14+/m1/s1. The van der Waals surface area contributed by atoms with E-state index in [1.54, 1.807) is 5.38 Å². The molecule has 1 N–H and O–H groups in total. The van der Waals surface area contributed by atoms with Gasteiger partial charge in [0, 0.05) is 22.4 Å². The number of carbonyl (C=O) groups excluding carboxylic acids is 1. The van der Waals surface area contributed by atoms with E-state index in [9.17, 15) is 23.1 Å². The van der Waals surface area contributed by atoms with Crippen molar-refractivity contribution in [1.29, 1.82) is 0 Å². The Hall–Kier alpha value is -1.41. The van der Waals surface area contributed by atoms with E-state index >= 15 is 0 Å². The molecule has 2 aliphatic rings. The highest BCUT2D eigenvalue weighted by Crippen LogP contribution is 2.42. The first-order valence-corrected chi connectivity index (χ1v) is 8.28. The quantitative estimate of drug-likeness (QED) is 0.848. The predicted octanol–water partition coefficient (Wildman–Crippen LogP) is 3.35. The molecule has 126 valence electrons. The van der Waals surface area contributed by atoms with Crippen molar-refractivity contribution in [2.45, 2.75) is 51.4 Å². The zero-order chi connectivity index (χ0) is 17.0. The van der Waals surface area contributed by atoms with Crippen LogP contribution in [0.15, 0.2) is 10.5 Å². The van der Waals surface area contributed by atoms with E-state index in [0.717, 1.165) is 23.3 Å². The number of rotatable bonds is 1. The molecule has 0 fully saturated rings. The number of halogens is 3. The third kappa shape index (κ3) is 2.57. The van der Waals surface area contributed by atoms with Gasteiger partial charge in [0.2, 0.25) is 0 Å². The SMILES string of the molecule is CC1=NN(C(=O)c2csc3c2CC[C@@H](C)C3)[C@@](O)(C(F)(F)F)C1. The lowest BCUT2D eigenvalue weighted by atomic mass is 9.88. The number of hydrogen-bond acceptors (Lipinski definition) is 4. The van der Waals surface area contributed by atoms with Crippen LogP contribution in [0.1, 0.15) is 47.5 Å². The molecule has 0 saturated heterocycles. The molecule has 0 unspecified atom stereocenters. The van der Waals surface area contributed by atoms with Gasteiger partial charge in [-0.1, -0.05) is 6.92 Å². The van der Waals surface area contributed by atoms with Crippen molar-refractivity contribution in [2.75, 3.05) is 0 Å². The monoisotopic (exact) mass is 346 g/mol. The van der Waals surface area contributed by atoms with Crippen LogP contribution < -0.4 is 0 Å². The maximum Gasteiger partial charge on any atom is 0.438 e. The Labute approximate surface area is 135 Å². The molecule has 1 aromatic rings. The summed E-state index contributed by atoms with van der Waals surface area (Å²) in [4.78, 5) is 13.7. The Bertz CT molecular complexity index is 683. The number of hydrogen-bond donors (Lipinski definition) is 1. The molecule has 0 radical (unpaired) electrons. The minimum atomic E-state index is -4.96. The number of fused-ring (bicyclic) bond motifs is 1. The van der Waals surface area contributed by atoms with Crippen molar-refractivity contribution in [3.05, 3.63) is 21.4 Å². The van der Waals surface area contributed by atoms with Gasteiger partial charge in [0.1, 0.15) is 0 Å². The van der Waals surface area contributed by atoms with Gasteiger partial charge in [-0.2, -0.15) is 23.3 Å². The minimum Gasteiger partial charge on any atom is -0.362 e.